The second kappa shape index (κ2) is 10.9. The van der Waals surface area contributed by atoms with Gasteiger partial charge in [0.05, 0.1) is 5.75 Å². The van der Waals surface area contributed by atoms with E-state index in [1.165, 1.54) is 0 Å². The lowest BCUT2D eigenvalue weighted by Gasteiger charge is -2.23. The molecule has 0 spiro atoms. The van der Waals surface area contributed by atoms with Gasteiger partial charge in [-0.1, -0.05) is 74.5 Å². The number of aliphatic carboxylic acids is 1. The highest BCUT2D eigenvalue weighted by Crippen LogP contribution is 2.11. The van der Waals surface area contributed by atoms with E-state index >= 15 is 0 Å². The van der Waals surface area contributed by atoms with E-state index in [4.69, 9.17) is 0 Å². The summed E-state index contributed by atoms with van der Waals surface area (Å²) >= 11 is 0. The molecular weight excluding hydrogens is 404 g/mol. The van der Waals surface area contributed by atoms with Crippen LogP contribution in [-0.2, 0) is 31.8 Å². The number of sulfonamides is 1. The summed E-state index contributed by atoms with van der Waals surface area (Å²) in [6.07, 6.45) is 0.352. The molecule has 0 aliphatic carbocycles. The van der Waals surface area contributed by atoms with Gasteiger partial charge in [-0.05, 0) is 23.5 Å². The molecule has 0 aliphatic heterocycles. The molecular formula is C22H28N2O5S. The van der Waals surface area contributed by atoms with Crippen molar-refractivity contribution in [1.29, 1.82) is 0 Å². The van der Waals surface area contributed by atoms with Crippen LogP contribution in [0.2, 0.25) is 0 Å². The van der Waals surface area contributed by atoms with Crippen molar-refractivity contribution in [2.24, 2.45) is 5.92 Å². The number of hydrogen-bond acceptors (Lipinski definition) is 4. The fraction of sp³-hybridized carbons (Fsp3) is 0.364. The van der Waals surface area contributed by atoms with Crippen molar-refractivity contribution in [3.63, 3.8) is 0 Å². The summed E-state index contributed by atoms with van der Waals surface area (Å²) in [5.41, 5.74) is 1.36. The van der Waals surface area contributed by atoms with Crippen LogP contribution in [-0.4, -0.2) is 37.5 Å². The Morgan fingerprint density at radius 2 is 1.43 bits per heavy atom. The smallest absolute Gasteiger partial charge is 0.326 e. The average Bonchev–Trinajstić information content (AvgIpc) is 2.67. The predicted octanol–water partition coefficient (Wildman–Crippen LogP) is 2.33. The topological polar surface area (TPSA) is 113 Å². The fourth-order valence-electron chi connectivity index (χ4n) is 3.05. The van der Waals surface area contributed by atoms with Gasteiger partial charge in [0.25, 0.3) is 0 Å². The molecule has 0 heterocycles. The molecule has 0 radical (unpaired) electrons. The summed E-state index contributed by atoms with van der Waals surface area (Å²) in [7, 11) is -3.80. The molecule has 0 unspecified atom stereocenters. The van der Waals surface area contributed by atoms with E-state index in [9.17, 15) is 23.1 Å². The second-order valence-corrected chi connectivity index (χ2v) is 9.39. The summed E-state index contributed by atoms with van der Waals surface area (Å²) in [6.45, 7) is 3.73. The number of benzene rings is 2. The van der Waals surface area contributed by atoms with Crippen molar-refractivity contribution in [2.75, 3.05) is 0 Å². The highest BCUT2D eigenvalue weighted by Gasteiger charge is 2.29. The maximum atomic E-state index is 12.8. The average molecular weight is 433 g/mol. The molecule has 0 saturated heterocycles. The van der Waals surface area contributed by atoms with E-state index < -0.39 is 34.0 Å². The molecule has 0 aromatic heterocycles. The molecule has 0 bridgehead atoms. The summed E-state index contributed by atoms with van der Waals surface area (Å²) in [5, 5.41) is 12.0. The number of nitrogens with one attached hydrogen (secondary N) is 2. The second-order valence-electron chi connectivity index (χ2n) is 7.63. The number of carboxylic acid groups (broad SMARTS) is 1. The van der Waals surface area contributed by atoms with Gasteiger partial charge in [-0.2, -0.15) is 0 Å². The molecule has 0 fully saturated rings. The standard InChI is InChI=1S/C22H28N2O5S/c1-16(2)13-19(24-30(28,29)15-18-11-7-4-8-12-18)21(25)23-20(22(26)27)14-17-9-5-3-6-10-17/h3-12,16,19-20,24H,13-15H2,1-2H3,(H,23,25)(H,26,27)/t19-,20-/m0/s1. The van der Waals surface area contributed by atoms with Gasteiger partial charge in [-0.3, -0.25) is 4.79 Å². The Balaban J connectivity index is 2.12. The van der Waals surface area contributed by atoms with E-state index in [1.807, 2.05) is 19.9 Å². The van der Waals surface area contributed by atoms with Crippen LogP contribution >= 0.6 is 0 Å². The lowest BCUT2D eigenvalue weighted by atomic mass is 10.0. The fourth-order valence-corrected chi connectivity index (χ4v) is 4.41. The molecule has 8 heteroatoms. The molecule has 0 saturated carbocycles. The maximum absolute atomic E-state index is 12.8. The van der Waals surface area contributed by atoms with Crippen molar-refractivity contribution < 1.29 is 23.1 Å². The molecule has 2 aromatic rings. The minimum Gasteiger partial charge on any atom is -0.480 e. The van der Waals surface area contributed by atoms with Crippen LogP contribution in [0, 0.1) is 5.92 Å². The predicted molar refractivity (Wildman–Crippen MR) is 115 cm³/mol. The zero-order valence-electron chi connectivity index (χ0n) is 17.1. The van der Waals surface area contributed by atoms with E-state index in [-0.39, 0.29) is 24.5 Å². The van der Waals surface area contributed by atoms with Gasteiger partial charge in [-0.25, -0.2) is 17.9 Å². The van der Waals surface area contributed by atoms with Crippen molar-refractivity contribution in [3.8, 4) is 0 Å². The van der Waals surface area contributed by atoms with Crippen LogP contribution < -0.4 is 10.0 Å². The van der Waals surface area contributed by atoms with E-state index in [0.717, 1.165) is 5.56 Å². The third-order valence-corrected chi connectivity index (χ3v) is 5.80. The molecule has 2 rings (SSSR count). The molecule has 30 heavy (non-hydrogen) atoms. The quantitative estimate of drug-likeness (QED) is 0.504. The maximum Gasteiger partial charge on any atom is 0.326 e. The van der Waals surface area contributed by atoms with Gasteiger partial charge in [-0.15, -0.1) is 0 Å². The number of amides is 1. The van der Waals surface area contributed by atoms with Crippen LogP contribution in [0.4, 0.5) is 0 Å². The number of carboxylic acids is 1. The van der Waals surface area contributed by atoms with E-state index in [0.29, 0.717) is 5.56 Å². The Labute approximate surface area is 177 Å². The molecule has 7 nitrogen and oxygen atoms in total. The van der Waals surface area contributed by atoms with Gasteiger partial charge < -0.3 is 10.4 Å². The SMILES string of the molecule is CC(C)C[C@H](NS(=O)(=O)Cc1ccccc1)C(=O)N[C@@H](Cc1ccccc1)C(=O)O. The summed E-state index contributed by atoms with van der Waals surface area (Å²) < 4.78 is 27.6. The van der Waals surface area contributed by atoms with Gasteiger partial charge in [0.2, 0.25) is 15.9 Å². The minimum absolute atomic E-state index is 0.0255. The zero-order valence-corrected chi connectivity index (χ0v) is 17.9. The minimum atomic E-state index is -3.80. The van der Waals surface area contributed by atoms with Crippen LogP contribution in [0.3, 0.4) is 0 Å². The van der Waals surface area contributed by atoms with Gasteiger partial charge >= 0.3 is 5.97 Å². The van der Waals surface area contributed by atoms with Gasteiger partial charge in [0.15, 0.2) is 0 Å². The van der Waals surface area contributed by atoms with Crippen LogP contribution in [0.15, 0.2) is 60.7 Å². The Hall–Kier alpha value is -2.71. The third-order valence-electron chi connectivity index (χ3n) is 4.44. The summed E-state index contributed by atoms with van der Waals surface area (Å²) in [5.74, 6) is -2.06. The Kier molecular flexibility index (Phi) is 8.56. The molecule has 162 valence electrons. The lowest BCUT2D eigenvalue weighted by molar-refractivity contribution is -0.142. The summed E-state index contributed by atoms with van der Waals surface area (Å²) in [4.78, 5) is 24.5. The lowest BCUT2D eigenvalue weighted by Crippen LogP contribution is -2.52. The number of carbonyl (C=O) groups is 2. The molecule has 2 atom stereocenters. The Morgan fingerprint density at radius 3 is 1.93 bits per heavy atom. The first kappa shape index (κ1) is 23.6. The van der Waals surface area contributed by atoms with Gasteiger partial charge in [0.1, 0.15) is 12.1 Å². The van der Waals surface area contributed by atoms with Crippen molar-refractivity contribution in [3.05, 3.63) is 71.8 Å². The number of hydrogen-bond donors (Lipinski definition) is 3. The number of carbonyl (C=O) groups excluding carboxylic acids is 1. The monoisotopic (exact) mass is 432 g/mol. The molecule has 3 N–H and O–H groups in total. The molecule has 0 aliphatic rings. The third kappa shape index (κ3) is 7.96. The molecule has 1 amide bonds. The molecule has 2 aromatic carbocycles. The van der Waals surface area contributed by atoms with Crippen LogP contribution in [0.25, 0.3) is 0 Å². The normalized spacial score (nSPS) is 13.6. The van der Waals surface area contributed by atoms with Crippen molar-refractivity contribution in [1.82, 2.24) is 10.0 Å². The largest absolute Gasteiger partial charge is 0.480 e. The van der Waals surface area contributed by atoms with E-state index in [1.54, 1.807) is 54.6 Å². The first-order valence-electron chi connectivity index (χ1n) is 9.77. The van der Waals surface area contributed by atoms with Crippen LogP contribution in [0.5, 0.6) is 0 Å². The number of rotatable bonds is 11. The van der Waals surface area contributed by atoms with E-state index in [2.05, 4.69) is 10.0 Å². The van der Waals surface area contributed by atoms with Gasteiger partial charge in [0, 0.05) is 6.42 Å². The highest BCUT2D eigenvalue weighted by molar-refractivity contribution is 7.88. The highest BCUT2D eigenvalue weighted by atomic mass is 32.2. The summed E-state index contributed by atoms with van der Waals surface area (Å²) in [6, 6.07) is 15.4. The van der Waals surface area contributed by atoms with Crippen molar-refractivity contribution >= 4 is 21.9 Å². The first-order valence-corrected chi connectivity index (χ1v) is 11.4. The Morgan fingerprint density at radius 1 is 0.900 bits per heavy atom. The van der Waals surface area contributed by atoms with Crippen molar-refractivity contribution in [2.45, 2.75) is 44.5 Å². The Bertz CT molecular complexity index is 931. The van der Waals surface area contributed by atoms with Crippen LogP contribution in [0.1, 0.15) is 31.4 Å². The zero-order chi connectivity index (χ0) is 22.1. The first-order chi connectivity index (χ1) is 14.2.